The van der Waals surface area contributed by atoms with Crippen LogP contribution >= 0.6 is 0 Å². The van der Waals surface area contributed by atoms with Gasteiger partial charge < -0.3 is 16.0 Å². The average molecular weight is 359 g/mol. The van der Waals surface area contributed by atoms with Crippen molar-refractivity contribution >= 4 is 34.8 Å². The lowest BCUT2D eigenvalue weighted by Gasteiger charge is -2.11. The van der Waals surface area contributed by atoms with E-state index in [1.165, 1.54) is 0 Å². The quantitative estimate of drug-likeness (QED) is 0.623. The van der Waals surface area contributed by atoms with Gasteiger partial charge in [-0.15, -0.1) is 0 Å². The van der Waals surface area contributed by atoms with Crippen molar-refractivity contribution < 1.29 is 14.4 Å². The van der Waals surface area contributed by atoms with Crippen molar-refractivity contribution in [1.82, 2.24) is 0 Å². The average Bonchev–Trinajstić information content (AvgIpc) is 2.70. The molecule has 3 aromatic rings. The normalized spacial score (nSPS) is 9.93. The fraction of sp³-hybridized carbons (Fsp3) is 0. The smallest absolute Gasteiger partial charge is 0.314 e. The van der Waals surface area contributed by atoms with Gasteiger partial charge >= 0.3 is 11.8 Å². The van der Waals surface area contributed by atoms with Crippen molar-refractivity contribution in [1.29, 1.82) is 0 Å². The van der Waals surface area contributed by atoms with Crippen molar-refractivity contribution in [3.8, 4) is 0 Å². The van der Waals surface area contributed by atoms with Crippen LogP contribution in [0.25, 0.3) is 0 Å². The van der Waals surface area contributed by atoms with Gasteiger partial charge in [-0.05, 0) is 36.4 Å². The van der Waals surface area contributed by atoms with E-state index in [-0.39, 0.29) is 17.2 Å². The molecule has 0 heterocycles. The lowest BCUT2D eigenvalue weighted by Crippen LogP contribution is -2.30. The summed E-state index contributed by atoms with van der Waals surface area (Å²) in [6, 6.07) is 24.1. The van der Waals surface area contributed by atoms with Gasteiger partial charge in [-0.2, -0.15) is 0 Å². The molecule has 0 saturated carbocycles. The molecule has 0 atom stereocenters. The third kappa shape index (κ3) is 4.79. The summed E-state index contributed by atoms with van der Waals surface area (Å²) in [7, 11) is 0. The monoisotopic (exact) mass is 359 g/mol. The summed E-state index contributed by atoms with van der Waals surface area (Å²) in [5.41, 5.74) is 1.64. The lowest BCUT2D eigenvalue weighted by atomic mass is 10.1. The summed E-state index contributed by atoms with van der Waals surface area (Å²) < 4.78 is 0. The molecule has 0 aliphatic rings. The highest BCUT2D eigenvalue weighted by Gasteiger charge is 2.18. The van der Waals surface area contributed by atoms with Crippen LogP contribution in [0.4, 0.5) is 17.1 Å². The van der Waals surface area contributed by atoms with Gasteiger partial charge in [-0.3, -0.25) is 14.4 Å². The third-order valence-electron chi connectivity index (χ3n) is 3.69. The van der Waals surface area contributed by atoms with E-state index < -0.39 is 11.8 Å². The van der Waals surface area contributed by atoms with Crippen LogP contribution in [0.2, 0.25) is 0 Å². The van der Waals surface area contributed by atoms with Gasteiger partial charge in [0.25, 0.3) is 5.91 Å². The van der Waals surface area contributed by atoms with Crippen LogP contribution in [0.15, 0.2) is 84.9 Å². The van der Waals surface area contributed by atoms with Gasteiger partial charge in [-0.25, -0.2) is 0 Å². The molecule has 0 aromatic heterocycles. The van der Waals surface area contributed by atoms with Crippen molar-refractivity contribution in [2.45, 2.75) is 0 Å². The molecule has 0 radical (unpaired) electrons. The van der Waals surface area contributed by atoms with Gasteiger partial charge in [0.1, 0.15) is 0 Å². The highest BCUT2D eigenvalue weighted by Crippen LogP contribution is 2.17. The summed E-state index contributed by atoms with van der Waals surface area (Å²) in [5.74, 6) is -2.07. The first-order chi connectivity index (χ1) is 13.1. The summed E-state index contributed by atoms with van der Waals surface area (Å²) in [4.78, 5) is 36.8. The molecule has 3 rings (SSSR count). The fourth-order valence-corrected chi connectivity index (χ4v) is 2.40. The Morgan fingerprint density at radius 3 is 1.63 bits per heavy atom. The van der Waals surface area contributed by atoms with Crippen LogP contribution in [-0.2, 0) is 9.59 Å². The second-order valence-electron chi connectivity index (χ2n) is 5.64. The van der Waals surface area contributed by atoms with E-state index in [0.29, 0.717) is 11.4 Å². The van der Waals surface area contributed by atoms with Crippen LogP contribution in [0.3, 0.4) is 0 Å². The fourth-order valence-electron chi connectivity index (χ4n) is 2.40. The van der Waals surface area contributed by atoms with Crippen LogP contribution in [-0.4, -0.2) is 17.7 Å². The maximum Gasteiger partial charge on any atom is 0.314 e. The predicted octanol–water partition coefficient (Wildman–Crippen LogP) is 3.52. The molecular formula is C21H17N3O3. The lowest BCUT2D eigenvalue weighted by molar-refractivity contribution is -0.133. The number of para-hydroxylation sites is 3. The first-order valence-corrected chi connectivity index (χ1v) is 8.26. The van der Waals surface area contributed by atoms with Crippen molar-refractivity contribution in [3.05, 3.63) is 90.5 Å². The van der Waals surface area contributed by atoms with Gasteiger partial charge in [0.05, 0.1) is 11.3 Å². The second kappa shape index (κ2) is 8.44. The zero-order valence-electron chi connectivity index (χ0n) is 14.3. The molecular weight excluding hydrogens is 342 g/mol. The van der Waals surface area contributed by atoms with Crippen molar-refractivity contribution in [2.75, 3.05) is 16.0 Å². The topological polar surface area (TPSA) is 87.3 Å². The number of benzene rings is 3. The Balaban J connectivity index is 1.71. The highest BCUT2D eigenvalue weighted by atomic mass is 16.2. The van der Waals surface area contributed by atoms with Gasteiger partial charge in [-0.1, -0.05) is 48.5 Å². The van der Waals surface area contributed by atoms with E-state index in [9.17, 15) is 14.4 Å². The third-order valence-corrected chi connectivity index (χ3v) is 3.69. The molecule has 0 unspecified atom stereocenters. The van der Waals surface area contributed by atoms with E-state index >= 15 is 0 Å². The Hall–Kier alpha value is -3.93. The number of nitrogens with one attached hydrogen (secondary N) is 3. The molecule has 134 valence electrons. The number of carbonyl (C=O) groups excluding carboxylic acids is 3. The second-order valence-corrected chi connectivity index (χ2v) is 5.64. The number of hydrogen-bond acceptors (Lipinski definition) is 3. The number of hydrogen-bond donors (Lipinski definition) is 3. The van der Waals surface area contributed by atoms with Crippen molar-refractivity contribution in [2.24, 2.45) is 0 Å². The largest absolute Gasteiger partial charge is 0.322 e. The molecule has 27 heavy (non-hydrogen) atoms. The number of rotatable bonds is 4. The molecule has 0 fully saturated rings. The highest BCUT2D eigenvalue weighted by molar-refractivity contribution is 6.44. The molecule has 0 aliphatic carbocycles. The molecule has 3 N–H and O–H groups in total. The molecule has 0 bridgehead atoms. The Morgan fingerprint density at radius 1 is 0.519 bits per heavy atom. The predicted molar refractivity (Wildman–Crippen MR) is 105 cm³/mol. The summed E-state index contributed by atoms with van der Waals surface area (Å²) in [6.45, 7) is 0. The minimum atomic E-state index is -0.862. The van der Waals surface area contributed by atoms with Crippen LogP contribution in [0, 0.1) is 0 Å². The Kier molecular flexibility index (Phi) is 5.59. The van der Waals surface area contributed by atoms with E-state index in [1.807, 2.05) is 6.07 Å². The zero-order chi connectivity index (χ0) is 19.1. The molecule has 0 aliphatic heterocycles. The standard InChI is InChI=1S/C21H17N3O3/c25-19(22-15-9-3-1-4-10-15)17-13-7-8-14-18(17)24-21(27)20(26)23-16-11-5-2-6-12-16/h1-14H,(H,22,25)(H,23,26)(H,24,27). The molecule has 0 spiro atoms. The Labute approximate surface area is 156 Å². The Morgan fingerprint density at radius 2 is 1.00 bits per heavy atom. The minimum Gasteiger partial charge on any atom is -0.322 e. The van der Waals surface area contributed by atoms with Gasteiger partial charge in [0.15, 0.2) is 0 Å². The SMILES string of the molecule is O=C(Nc1ccccc1)C(=O)Nc1ccccc1C(=O)Nc1ccccc1. The number of anilines is 3. The molecule has 6 heteroatoms. The minimum absolute atomic E-state index is 0.249. The van der Waals surface area contributed by atoms with E-state index in [1.54, 1.807) is 78.9 Å². The first-order valence-electron chi connectivity index (χ1n) is 8.26. The maximum absolute atomic E-state index is 12.5. The van der Waals surface area contributed by atoms with Crippen molar-refractivity contribution in [3.63, 3.8) is 0 Å². The van der Waals surface area contributed by atoms with E-state index in [0.717, 1.165) is 0 Å². The van der Waals surface area contributed by atoms with E-state index in [4.69, 9.17) is 0 Å². The summed E-state index contributed by atoms with van der Waals surface area (Å²) >= 11 is 0. The summed E-state index contributed by atoms with van der Waals surface area (Å²) in [6.07, 6.45) is 0. The Bertz CT molecular complexity index is 957. The number of carbonyl (C=O) groups is 3. The maximum atomic E-state index is 12.5. The van der Waals surface area contributed by atoms with Crippen LogP contribution in [0.1, 0.15) is 10.4 Å². The zero-order valence-corrected chi connectivity index (χ0v) is 14.3. The van der Waals surface area contributed by atoms with Crippen LogP contribution < -0.4 is 16.0 Å². The summed E-state index contributed by atoms with van der Waals surface area (Å²) in [5, 5.41) is 7.73. The molecule has 0 saturated heterocycles. The first kappa shape index (κ1) is 17.9. The molecule has 3 aromatic carbocycles. The molecule has 3 amide bonds. The van der Waals surface area contributed by atoms with Gasteiger partial charge in [0.2, 0.25) is 0 Å². The number of amides is 3. The van der Waals surface area contributed by atoms with Gasteiger partial charge in [0, 0.05) is 11.4 Å². The molecule has 6 nitrogen and oxygen atoms in total. The van der Waals surface area contributed by atoms with E-state index in [2.05, 4.69) is 16.0 Å². The van der Waals surface area contributed by atoms with Crippen LogP contribution in [0.5, 0.6) is 0 Å².